The van der Waals surface area contributed by atoms with E-state index in [2.05, 4.69) is 64.3 Å². The minimum Gasteiger partial charge on any atom is -0.453 e. The Morgan fingerprint density at radius 1 is 0.729 bits per heavy atom. The summed E-state index contributed by atoms with van der Waals surface area (Å²) in [4.78, 5) is 73.3. The Morgan fingerprint density at radius 3 is 1.52 bits per heavy atom. The van der Waals surface area contributed by atoms with Gasteiger partial charge in [0.1, 0.15) is 23.7 Å². The standard InChI is InChI=1S/C32H38N8O6S2/c1-17(35-31(43)45-3)29(41)39-13-5-7-21(39)27-33-15-19(37-27)23-9-11-25(47-23)26-12-10-24(48-26)20-16-34-28(38-20)22-8-6-14-40(22)30(42)18(2)36-32(44)46-4/h9-12,15-18,21-22H,5-8,13-14H2,1-4H3,(H,33,37)(H,34,38)(H,35,43)(H,36,44)/t17-,18-,21-,22-/m0/s1. The fraction of sp³-hybridized carbons (Fsp3) is 0.438. The molecule has 0 saturated carbocycles. The van der Waals surface area contributed by atoms with Crippen LogP contribution in [0.1, 0.15) is 63.3 Å². The summed E-state index contributed by atoms with van der Waals surface area (Å²) in [5.41, 5.74) is 1.76. The van der Waals surface area contributed by atoms with Gasteiger partial charge in [0, 0.05) is 22.8 Å². The van der Waals surface area contributed by atoms with E-state index in [9.17, 15) is 19.2 Å². The average Bonchev–Trinajstić information content (AvgIpc) is 3.93. The Bertz CT molecular complexity index is 1670. The van der Waals surface area contributed by atoms with Crippen molar-refractivity contribution in [3.63, 3.8) is 0 Å². The van der Waals surface area contributed by atoms with Gasteiger partial charge in [-0.2, -0.15) is 0 Å². The number of imidazole rings is 2. The molecule has 4 aromatic rings. The molecule has 2 saturated heterocycles. The maximum atomic E-state index is 13.1. The Hall–Kier alpha value is -4.70. The molecule has 16 heteroatoms. The highest BCUT2D eigenvalue weighted by Crippen LogP contribution is 2.41. The zero-order valence-corrected chi connectivity index (χ0v) is 28.7. The monoisotopic (exact) mass is 694 g/mol. The third kappa shape index (κ3) is 6.80. The second-order valence-electron chi connectivity index (χ2n) is 11.8. The molecule has 0 spiro atoms. The molecule has 2 aliphatic rings. The summed E-state index contributed by atoms with van der Waals surface area (Å²) in [6.45, 7) is 4.49. The quantitative estimate of drug-likeness (QED) is 0.188. The molecule has 0 bridgehead atoms. The lowest BCUT2D eigenvalue weighted by molar-refractivity contribution is -0.134. The fourth-order valence-electron chi connectivity index (χ4n) is 6.21. The number of carbonyl (C=O) groups is 4. The number of hydrogen-bond donors (Lipinski definition) is 4. The molecule has 14 nitrogen and oxygen atoms in total. The molecule has 2 fully saturated rings. The molecule has 0 aliphatic carbocycles. The van der Waals surface area contributed by atoms with Gasteiger partial charge in [0.25, 0.3) is 0 Å². The summed E-state index contributed by atoms with van der Waals surface area (Å²) < 4.78 is 9.28. The minimum atomic E-state index is -0.705. The van der Waals surface area contributed by atoms with E-state index in [0.29, 0.717) is 13.1 Å². The molecule has 4 aromatic heterocycles. The van der Waals surface area contributed by atoms with Gasteiger partial charge in [-0.3, -0.25) is 9.59 Å². The highest BCUT2D eigenvalue weighted by Gasteiger charge is 2.36. The van der Waals surface area contributed by atoms with Crippen molar-refractivity contribution in [2.75, 3.05) is 27.3 Å². The number of nitrogens with zero attached hydrogens (tertiary/aromatic N) is 4. The van der Waals surface area contributed by atoms with Crippen LogP contribution in [0, 0.1) is 0 Å². The van der Waals surface area contributed by atoms with Crippen LogP contribution >= 0.6 is 22.7 Å². The van der Waals surface area contributed by atoms with E-state index in [-0.39, 0.29) is 23.9 Å². The van der Waals surface area contributed by atoms with Crippen molar-refractivity contribution in [2.24, 2.45) is 0 Å². The van der Waals surface area contributed by atoms with Gasteiger partial charge in [0.2, 0.25) is 11.8 Å². The van der Waals surface area contributed by atoms with Crippen LogP contribution in [0.15, 0.2) is 36.7 Å². The summed E-state index contributed by atoms with van der Waals surface area (Å²) in [5.74, 6) is 1.10. The molecule has 6 rings (SSSR count). The zero-order valence-electron chi connectivity index (χ0n) is 27.1. The minimum absolute atomic E-state index is 0.172. The van der Waals surface area contributed by atoms with Crippen molar-refractivity contribution < 1.29 is 28.7 Å². The lowest BCUT2D eigenvalue weighted by atomic mass is 10.2. The molecule has 0 aromatic carbocycles. The number of aromatic nitrogens is 4. The predicted octanol–water partition coefficient (Wildman–Crippen LogP) is 5.07. The fourth-order valence-corrected chi connectivity index (χ4v) is 8.25. The third-order valence-corrected chi connectivity index (χ3v) is 11.1. The summed E-state index contributed by atoms with van der Waals surface area (Å²) in [6.07, 6.45) is 5.60. The van der Waals surface area contributed by atoms with E-state index < -0.39 is 24.3 Å². The first-order valence-corrected chi connectivity index (χ1v) is 17.4. The molecule has 4 amide bonds. The molecular formula is C32H38N8O6S2. The predicted molar refractivity (Wildman–Crippen MR) is 180 cm³/mol. The van der Waals surface area contributed by atoms with Crippen LogP contribution in [-0.2, 0) is 19.1 Å². The van der Waals surface area contributed by atoms with Crippen LogP contribution in [0.5, 0.6) is 0 Å². The molecule has 4 N–H and O–H groups in total. The van der Waals surface area contributed by atoms with Crippen molar-refractivity contribution in [2.45, 2.75) is 63.7 Å². The van der Waals surface area contributed by atoms with Crippen molar-refractivity contribution in [3.8, 4) is 30.9 Å². The van der Waals surface area contributed by atoms with Crippen LogP contribution in [-0.4, -0.2) is 93.1 Å². The van der Waals surface area contributed by atoms with Crippen LogP contribution in [0.25, 0.3) is 30.9 Å². The van der Waals surface area contributed by atoms with Crippen LogP contribution in [0.4, 0.5) is 9.59 Å². The summed E-state index contributed by atoms with van der Waals surface area (Å²) in [5, 5.41) is 5.11. The first-order chi connectivity index (χ1) is 23.2. The summed E-state index contributed by atoms with van der Waals surface area (Å²) in [6, 6.07) is 6.51. The van der Waals surface area contributed by atoms with E-state index in [1.54, 1.807) is 58.7 Å². The van der Waals surface area contributed by atoms with Gasteiger partial charge in [0.15, 0.2) is 0 Å². The number of ether oxygens (including phenoxy) is 2. The number of alkyl carbamates (subject to hydrolysis) is 2. The summed E-state index contributed by atoms with van der Waals surface area (Å²) in [7, 11) is 2.54. The van der Waals surface area contributed by atoms with Gasteiger partial charge in [-0.15, -0.1) is 22.7 Å². The van der Waals surface area contributed by atoms with Crippen LogP contribution < -0.4 is 10.6 Å². The van der Waals surface area contributed by atoms with Gasteiger partial charge < -0.3 is 39.9 Å². The van der Waals surface area contributed by atoms with E-state index >= 15 is 0 Å². The lowest BCUT2D eigenvalue weighted by Gasteiger charge is -2.26. The molecular weight excluding hydrogens is 657 g/mol. The molecule has 0 radical (unpaired) electrons. The Morgan fingerprint density at radius 2 is 1.12 bits per heavy atom. The Labute approximate surface area is 285 Å². The lowest BCUT2D eigenvalue weighted by Crippen LogP contribution is -2.46. The van der Waals surface area contributed by atoms with Gasteiger partial charge >= 0.3 is 12.2 Å². The zero-order chi connectivity index (χ0) is 33.9. The van der Waals surface area contributed by atoms with Gasteiger partial charge in [-0.1, -0.05) is 0 Å². The van der Waals surface area contributed by atoms with Crippen LogP contribution in [0.2, 0.25) is 0 Å². The number of rotatable bonds is 9. The molecule has 0 unspecified atom stereocenters. The Kier molecular flexibility index (Phi) is 9.82. The number of hydrogen-bond acceptors (Lipinski definition) is 10. The maximum absolute atomic E-state index is 13.1. The number of carbonyl (C=O) groups excluding carboxylic acids is 4. The number of likely N-dealkylation sites (tertiary alicyclic amines) is 2. The number of methoxy groups -OCH3 is 2. The second kappa shape index (κ2) is 14.2. The third-order valence-electron chi connectivity index (χ3n) is 8.66. The van der Waals surface area contributed by atoms with Gasteiger partial charge in [-0.25, -0.2) is 19.6 Å². The average molecular weight is 695 g/mol. The molecule has 4 atom stereocenters. The largest absolute Gasteiger partial charge is 0.453 e. The molecule has 2 aliphatic heterocycles. The van der Waals surface area contributed by atoms with Crippen molar-refractivity contribution in [1.82, 2.24) is 40.4 Å². The second-order valence-corrected chi connectivity index (χ2v) is 14.0. The molecule has 254 valence electrons. The van der Waals surface area contributed by atoms with E-state index in [4.69, 9.17) is 0 Å². The first kappa shape index (κ1) is 33.2. The van der Waals surface area contributed by atoms with Gasteiger partial charge in [-0.05, 0) is 63.8 Å². The normalized spacial score (nSPS) is 18.8. The number of nitrogens with one attached hydrogen (secondary N) is 4. The number of thiophene rings is 2. The maximum Gasteiger partial charge on any atom is 0.407 e. The van der Waals surface area contributed by atoms with E-state index in [1.165, 1.54) is 14.2 Å². The molecule has 48 heavy (non-hydrogen) atoms. The first-order valence-electron chi connectivity index (χ1n) is 15.8. The number of aromatic amines is 2. The van der Waals surface area contributed by atoms with Crippen molar-refractivity contribution in [1.29, 1.82) is 0 Å². The van der Waals surface area contributed by atoms with E-state index in [1.807, 2.05) is 0 Å². The van der Waals surface area contributed by atoms with Crippen molar-refractivity contribution in [3.05, 3.63) is 48.3 Å². The van der Waals surface area contributed by atoms with Gasteiger partial charge in [0.05, 0.1) is 59.8 Å². The van der Waals surface area contributed by atoms with Crippen LogP contribution in [0.3, 0.4) is 0 Å². The van der Waals surface area contributed by atoms with E-state index in [0.717, 1.165) is 68.2 Å². The highest BCUT2D eigenvalue weighted by molar-refractivity contribution is 7.25. The Balaban J connectivity index is 1.12. The number of H-pyrrole nitrogens is 2. The smallest absolute Gasteiger partial charge is 0.407 e. The molecule has 6 heterocycles. The summed E-state index contributed by atoms with van der Waals surface area (Å²) >= 11 is 3.30. The highest BCUT2D eigenvalue weighted by atomic mass is 32.1. The SMILES string of the molecule is COC(=O)N[C@@H](C)C(=O)N1CCC[C@H]1c1ncc(-c2ccc(-c3ccc(-c4cnc([C@@H]5CCCN5C(=O)[C@H](C)NC(=O)OC)[nH]4)s3)s2)[nH]1. The topological polar surface area (TPSA) is 175 Å². The number of amides is 4. The van der Waals surface area contributed by atoms with Crippen molar-refractivity contribution >= 4 is 46.7 Å².